The number of hydrogen-bond donors (Lipinski definition) is 3. The van der Waals surface area contributed by atoms with Gasteiger partial charge in [-0.25, -0.2) is 31.7 Å². The summed E-state index contributed by atoms with van der Waals surface area (Å²) in [5.74, 6) is 0.649. The van der Waals surface area contributed by atoms with Gasteiger partial charge in [0.2, 0.25) is 20.0 Å². The Balaban J connectivity index is 2.12. The summed E-state index contributed by atoms with van der Waals surface area (Å²) in [6, 6.07) is 4.87. The Morgan fingerprint density at radius 2 is 1.90 bits per heavy atom. The minimum Gasteiger partial charge on any atom is -0.349 e. The Bertz CT molecular complexity index is 814. The quantitative estimate of drug-likeness (QED) is 0.661. The highest BCUT2D eigenvalue weighted by atomic mass is 32.2. The number of nitrogens with two attached hydrogens (primary N) is 1. The molecule has 10 heteroatoms. The van der Waals surface area contributed by atoms with Crippen molar-refractivity contribution in [3.63, 3.8) is 0 Å². The van der Waals surface area contributed by atoms with Crippen LogP contribution in [-0.2, 0) is 26.5 Å². The normalized spacial score (nSPS) is 12.4. The van der Waals surface area contributed by atoms with Gasteiger partial charge >= 0.3 is 0 Å². The molecule has 1 heterocycles. The molecule has 0 unspecified atom stereocenters. The molecule has 0 atom stereocenters. The average molecular weight is 330 g/mol. The van der Waals surface area contributed by atoms with Crippen LogP contribution in [0.2, 0.25) is 0 Å². The maximum absolute atomic E-state index is 12.1. The Morgan fingerprint density at radius 3 is 2.52 bits per heavy atom. The zero-order valence-electron chi connectivity index (χ0n) is 10.9. The highest BCUT2D eigenvalue weighted by Crippen LogP contribution is 2.14. The van der Waals surface area contributed by atoms with Crippen LogP contribution in [0.3, 0.4) is 0 Å². The number of rotatable bonds is 6. The van der Waals surface area contributed by atoms with Gasteiger partial charge < -0.3 is 4.98 Å². The zero-order chi connectivity index (χ0) is 15.5. The highest BCUT2D eigenvalue weighted by molar-refractivity contribution is 7.90. The van der Waals surface area contributed by atoms with Crippen LogP contribution >= 0.6 is 0 Å². The Hall–Kier alpha value is -1.75. The van der Waals surface area contributed by atoms with Crippen molar-refractivity contribution < 1.29 is 16.8 Å². The van der Waals surface area contributed by atoms with E-state index in [-0.39, 0.29) is 16.3 Å². The summed E-state index contributed by atoms with van der Waals surface area (Å²) in [6.45, 7) is 0.134. The molecular formula is C11H14N4O4S2. The van der Waals surface area contributed by atoms with Crippen LogP contribution in [-0.4, -0.2) is 33.3 Å². The third-order valence-corrected chi connectivity index (χ3v) is 5.02. The van der Waals surface area contributed by atoms with E-state index in [9.17, 15) is 16.8 Å². The summed E-state index contributed by atoms with van der Waals surface area (Å²) in [7, 11) is -7.76. The number of sulfonamides is 2. The van der Waals surface area contributed by atoms with Crippen LogP contribution in [0.5, 0.6) is 0 Å². The molecule has 0 fully saturated rings. The molecule has 2 aromatic rings. The van der Waals surface area contributed by atoms with Crippen molar-refractivity contribution in [2.75, 3.05) is 6.54 Å². The molecular weight excluding hydrogens is 316 g/mol. The molecule has 0 aliphatic heterocycles. The van der Waals surface area contributed by atoms with Crippen LogP contribution in [0.4, 0.5) is 0 Å². The van der Waals surface area contributed by atoms with E-state index in [1.54, 1.807) is 12.4 Å². The standard InChI is InChI=1S/C11H14N4O4S2/c12-20(16,17)9-2-1-3-10(8-9)21(18,19)15-5-4-11-13-6-7-14-11/h1-3,6-8,15H,4-5H2,(H,13,14)(H2,12,16,17). The lowest BCUT2D eigenvalue weighted by atomic mass is 10.4. The van der Waals surface area contributed by atoms with Crippen molar-refractivity contribution in [1.29, 1.82) is 0 Å². The summed E-state index contributed by atoms with van der Waals surface area (Å²) < 4.78 is 49.0. The molecule has 8 nitrogen and oxygen atoms in total. The topological polar surface area (TPSA) is 135 Å². The molecule has 1 aromatic carbocycles. The van der Waals surface area contributed by atoms with Crippen LogP contribution < -0.4 is 9.86 Å². The molecule has 0 spiro atoms. The third-order valence-electron chi connectivity index (χ3n) is 2.65. The number of primary sulfonamides is 1. The fourth-order valence-electron chi connectivity index (χ4n) is 1.64. The van der Waals surface area contributed by atoms with Crippen LogP contribution in [0, 0.1) is 0 Å². The summed E-state index contributed by atoms with van der Waals surface area (Å²) >= 11 is 0. The van der Waals surface area contributed by atoms with Crippen LogP contribution in [0.25, 0.3) is 0 Å². The summed E-state index contributed by atoms with van der Waals surface area (Å²) in [6.07, 6.45) is 3.60. The smallest absolute Gasteiger partial charge is 0.240 e. The van der Waals surface area contributed by atoms with Crippen molar-refractivity contribution in [1.82, 2.24) is 14.7 Å². The first kappa shape index (κ1) is 15.6. The molecule has 0 bridgehead atoms. The zero-order valence-corrected chi connectivity index (χ0v) is 12.5. The average Bonchev–Trinajstić information content (AvgIpc) is 2.91. The number of aromatic amines is 1. The molecule has 0 radical (unpaired) electrons. The molecule has 0 saturated heterocycles. The van der Waals surface area contributed by atoms with Gasteiger partial charge in [-0.2, -0.15) is 0 Å². The largest absolute Gasteiger partial charge is 0.349 e. The minimum absolute atomic E-state index is 0.134. The van der Waals surface area contributed by atoms with E-state index in [0.29, 0.717) is 12.2 Å². The maximum atomic E-state index is 12.1. The van der Waals surface area contributed by atoms with Crippen molar-refractivity contribution >= 4 is 20.0 Å². The van der Waals surface area contributed by atoms with E-state index < -0.39 is 20.0 Å². The number of hydrogen-bond acceptors (Lipinski definition) is 5. The van der Waals surface area contributed by atoms with Gasteiger partial charge in [0.05, 0.1) is 9.79 Å². The Labute approximate surface area is 122 Å². The Kier molecular flexibility index (Phi) is 4.42. The minimum atomic E-state index is -3.95. The number of imidazole rings is 1. The summed E-state index contributed by atoms with van der Waals surface area (Å²) in [4.78, 5) is 6.41. The lowest BCUT2D eigenvalue weighted by molar-refractivity contribution is 0.580. The number of H-pyrrole nitrogens is 1. The molecule has 0 aliphatic rings. The molecule has 0 aliphatic carbocycles. The van der Waals surface area contributed by atoms with Crippen molar-refractivity contribution in [2.45, 2.75) is 16.2 Å². The molecule has 21 heavy (non-hydrogen) atoms. The number of benzene rings is 1. The predicted octanol–water partition coefficient (Wildman–Crippen LogP) is -0.422. The van der Waals surface area contributed by atoms with E-state index in [4.69, 9.17) is 5.14 Å². The van der Waals surface area contributed by atoms with Gasteiger partial charge in [-0.1, -0.05) is 6.07 Å². The van der Waals surface area contributed by atoms with Crippen molar-refractivity contribution in [2.24, 2.45) is 5.14 Å². The van der Waals surface area contributed by atoms with Gasteiger partial charge in [-0.15, -0.1) is 0 Å². The lowest BCUT2D eigenvalue weighted by Crippen LogP contribution is -2.26. The van der Waals surface area contributed by atoms with E-state index in [1.807, 2.05) is 0 Å². The number of nitrogens with zero attached hydrogens (tertiary/aromatic N) is 1. The Morgan fingerprint density at radius 1 is 1.19 bits per heavy atom. The fourth-order valence-corrected chi connectivity index (χ4v) is 3.35. The molecule has 114 valence electrons. The van der Waals surface area contributed by atoms with Crippen molar-refractivity contribution in [3.8, 4) is 0 Å². The predicted molar refractivity (Wildman–Crippen MR) is 75.3 cm³/mol. The fraction of sp³-hybridized carbons (Fsp3) is 0.182. The van der Waals surface area contributed by atoms with Gasteiger partial charge in [0.15, 0.2) is 0 Å². The second-order valence-electron chi connectivity index (χ2n) is 4.20. The lowest BCUT2D eigenvalue weighted by Gasteiger charge is -2.07. The van der Waals surface area contributed by atoms with Crippen molar-refractivity contribution in [3.05, 3.63) is 42.5 Å². The van der Waals surface area contributed by atoms with E-state index in [0.717, 1.165) is 6.07 Å². The van der Waals surface area contributed by atoms with Gasteiger partial charge in [-0.05, 0) is 18.2 Å². The first-order valence-electron chi connectivity index (χ1n) is 5.90. The maximum Gasteiger partial charge on any atom is 0.240 e. The summed E-state index contributed by atoms with van der Waals surface area (Å²) in [5, 5.41) is 4.98. The summed E-state index contributed by atoms with van der Waals surface area (Å²) in [5.41, 5.74) is 0. The van der Waals surface area contributed by atoms with Gasteiger partial charge in [-0.3, -0.25) is 0 Å². The van der Waals surface area contributed by atoms with E-state index in [1.165, 1.54) is 18.2 Å². The van der Waals surface area contributed by atoms with Gasteiger partial charge in [0.25, 0.3) is 0 Å². The second-order valence-corrected chi connectivity index (χ2v) is 7.53. The first-order chi connectivity index (χ1) is 9.79. The van der Waals surface area contributed by atoms with E-state index in [2.05, 4.69) is 14.7 Å². The monoisotopic (exact) mass is 330 g/mol. The molecule has 0 amide bonds. The SMILES string of the molecule is NS(=O)(=O)c1cccc(S(=O)(=O)NCCc2ncc[nH]2)c1. The highest BCUT2D eigenvalue weighted by Gasteiger charge is 2.17. The van der Waals surface area contributed by atoms with E-state index >= 15 is 0 Å². The number of nitrogens with one attached hydrogen (secondary N) is 2. The molecule has 4 N–H and O–H groups in total. The van der Waals surface area contributed by atoms with Gasteiger partial charge in [0.1, 0.15) is 5.82 Å². The molecule has 0 saturated carbocycles. The number of aromatic nitrogens is 2. The van der Waals surface area contributed by atoms with Gasteiger partial charge in [0, 0.05) is 25.4 Å². The first-order valence-corrected chi connectivity index (χ1v) is 8.93. The molecule has 2 rings (SSSR count). The third kappa shape index (κ3) is 4.11. The second kappa shape index (κ2) is 5.93. The van der Waals surface area contributed by atoms with Crippen LogP contribution in [0.1, 0.15) is 5.82 Å². The molecule has 1 aromatic heterocycles. The van der Waals surface area contributed by atoms with Crippen LogP contribution in [0.15, 0.2) is 46.5 Å².